The van der Waals surface area contributed by atoms with Gasteiger partial charge in [0.1, 0.15) is 59.2 Å². The smallest absolute Gasteiger partial charge is 0.330 e. The summed E-state index contributed by atoms with van der Waals surface area (Å²) in [5.41, 5.74) is -0.683. The molecule has 5 rings (SSSR count). The number of aliphatic hydroxyl groups excluding tert-OH is 3. The molecule has 2 heterocycles. The first-order valence-corrected chi connectivity index (χ1v) is 13.0. The zero-order valence-corrected chi connectivity index (χ0v) is 22.5. The van der Waals surface area contributed by atoms with Crippen LogP contribution < -0.4 is 10.2 Å². The van der Waals surface area contributed by atoms with E-state index < -0.39 is 82.8 Å². The van der Waals surface area contributed by atoms with Crippen molar-refractivity contribution in [2.75, 3.05) is 6.61 Å². The number of hydrogen-bond donors (Lipinski definition) is 8. The minimum absolute atomic E-state index is 0.00553. The first-order chi connectivity index (χ1) is 20.9. The number of hydrogen-bond acceptors (Lipinski definition) is 14. The number of ether oxygens (including phenoxy) is 3. The van der Waals surface area contributed by atoms with Gasteiger partial charge in [-0.3, -0.25) is 4.79 Å². The lowest BCUT2D eigenvalue weighted by Gasteiger charge is -2.20. The highest BCUT2D eigenvalue weighted by molar-refractivity contribution is 5.88. The van der Waals surface area contributed by atoms with Crippen molar-refractivity contribution < 1.29 is 64.3 Å². The van der Waals surface area contributed by atoms with E-state index in [0.717, 1.165) is 30.3 Å². The fraction of sp³-hybridized carbons (Fsp3) is 0.200. The predicted octanol–water partition coefficient (Wildman–Crippen LogP) is 1.43. The average molecular weight is 611 g/mol. The van der Waals surface area contributed by atoms with Crippen LogP contribution in [-0.4, -0.2) is 84.1 Å². The van der Waals surface area contributed by atoms with Crippen molar-refractivity contribution in [2.45, 2.75) is 30.7 Å². The van der Waals surface area contributed by atoms with Gasteiger partial charge in [0, 0.05) is 23.8 Å². The fourth-order valence-electron chi connectivity index (χ4n) is 4.49. The Kier molecular flexibility index (Phi) is 8.33. The van der Waals surface area contributed by atoms with Gasteiger partial charge >= 0.3 is 5.97 Å². The van der Waals surface area contributed by atoms with Gasteiger partial charge in [0.2, 0.25) is 17.5 Å². The Morgan fingerprint density at radius 1 is 0.886 bits per heavy atom. The lowest BCUT2D eigenvalue weighted by Crippen LogP contribution is -2.41. The van der Waals surface area contributed by atoms with Crippen LogP contribution in [0.3, 0.4) is 0 Å². The van der Waals surface area contributed by atoms with Crippen molar-refractivity contribution in [1.82, 2.24) is 0 Å². The SMILES string of the molecule is O=C(/C=C/c1ccc(O)cc1)OC[C@@H](O)[C@H]1O[C@@H](Oc2c(-c3ccc(O)c(O)c3)oc3cc(O)cc(O)c3c2=O)[C@H](O)[C@H]1O. The lowest BCUT2D eigenvalue weighted by molar-refractivity contribution is -0.154. The molecule has 5 atom stereocenters. The third-order valence-electron chi connectivity index (χ3n) is 6.73. The van der Waals surface area contributed by atoms with Crippen LogP contribution in [0.15, 0.2) is 69.9 Å². The molecule has 3 aromatic carbocycles. The average Bonchev–Trinajstić information content (AvgIpc) is 3.26. The van der Waals surface area contributed by atoms with Crippen LogP contribution in [-0.2, 0) is 14.3 Å². The highest BCUT2D eigenvalue weighted by Crippen LogP contribution is 2.39. The van der Waals surface area contributed by atoms with E-state index in [-0.39, 0.29) is 22.7 Å². The van der Waals surface area contributed by atoms with Gasteiger partial charge < -0.3 is 59.5 Å². The Bertz CT molecular complexity index is 1780. The number of esters is 1. The quantitative estimate of drug-likeness (QED) is 0.0801. The highest BCUT2D eigenvalue weighted by atomic mass is 16.7. The third kappa shape index (κ3) is 6.09. The van der Waals surface area contributed by atoms with E-state index in [1.807, 2.05) is 0 Å². The lowest BCUT2D eigenvalue weighted by atomic mass is 10.1. The molecule has 0 unspecified atom stereocenters. The normalized spacial score (nSPS) is 20.6. The van der Waals surface area contributed by atoms with Gasteiger partial charge in [-0.05, 0) is 42.0 Å². The van der Waals surface area contributed by atoms with Crippen molar-refractivity contribution in [1.29, 1.82) is 0 Å². The molecule has 14 heteroatoms. The van der Waals surface area contributed by atoms with E-state index in [2.05, 4.69) is 0 Å². The maximum Gasteiger partial charge on any atom is 0.330 e. The van der Waals surface area contributed by atoms with Crippen molar-refractivity contribution >= 4 is 23.0 Å². The summed E-state index contributed by atoms with van der Waals surface area (Å²) in [5, 5.41) is 80.6. The molecular formula is C30H26O14. The van der Waals surface area contributed by atoms with E-state index in [0.29, 0.717) is 5.56 Å². The molecule has 1 saturated heterocycles. The number of aliphatic hydroxyl groups is 3. The first-order valence-electron chi connectivity index (χ1n) is 13.0. The molecule has 44 heavy (non-hydrogen) atoms. The van der Waals surface area contributed by atoms with Gasteiger partial charge in [-0.25, -0.2) is 4.79 Å². The van der Waals surface area contributed by atoms with Crippen molar-refractivity contribution in [2.24, 2.45) is 0 Å². The van der Waals surface area contributed by atoms with Crippen molar-refractivity contribution in [3.05, 3.63) is 76.5 Å². The molecule has 1 fully saturated rings. The van der Waals surface area contributed by atoms with Gasteiger partial charge in [-0.15, -0.1) is 0 Å². The first kappa shape index (κ1) is 30.2. The van der Waals surface area contributed by atoms with E-state index in [1.165, 1.54) is 24.3 Å². The maximum absolute atomic E-state index is 13.5. The molecule has 0 aliphatic carbocycles. The molecular weight excluding hydrogens is 584 g/mol. The summed E-state index contributed by atoms with van der Waals surface area (Å²) in [5.74, 6) is -3.99. The summed E-state index contributed by atoms with van der Waals surface area (Å²) in [6, 6.07) is 11.3. The van der Waals surface area contributed by atoms with E-state index in [9.17, 15) is 50.4 Å². The van der Waals surface area contributed by atoms with Gasteiger partial charge in [-0.2, -0.15) is 0 Å². The summed E-state index contributed by atoms with van der Waals surface area (Å²) >= 11 is 0. The predicted molar refractivity (Wildman–Crippen MR) is 150 cm³/mol. The molecule has 8 N–H and O–H groups in total. The topological polar surface area (TPSA) is 237 Å². The van der Waals surface area contributed by atoms with Crippen molar-refractivity contribution in [3.63, 3.8) is 0 Å². The van der Waals surface area contributed by atoms with E-state index in [4.69, 9.17) is 18.6 Å². The number of carbonyl (C=O) groups is 1. The second-order valence-electron chi connectivity index (χ2n) is 9.82. The zero-order valence-electron chi connectivity index (χ0n) is 22.5. The van der Waals surface area contributed by atoms with Gasteiger partial charge in [0.25, 0.3) is 0 Å². The Morgan fingerprint density at radius 3 is 2.32 bits per heavy atom. The van der Waals surface area contributed by atoms with Crippen LogP contribution in [0.4, 0.5) is 0 Å². The van der Waals surface area contributed by atoms with E-state index >= 15 is 0 Å². The second-order valence-corrected chi connectivity index (χ2v) is 9.82. The number of rotatable bonds is 8. The summed E-state index contributed by atoms with van der Waals surface area (Å²) in [6.45, 7) is -0.659. The Hall–Kier alpha value is -5.28. The van der Waals surface area contributed by atoms with Gasteiger partial charge in [0.15, 0.2) is 17.3 Å². The molecule has 1 aliphatic rings. The van der Waals surface area contributed by atoms with Crippen molar-refractivity contribution in [3.8, 4) is 45.8 Å². The maximum atomic E-state index is 13.5. The fourth-order valence-corrected chi connectivity index (χ4v) is 4.49. The zero-order chi connectivity index (χ0) is 31.7. The molecule has 4 aromatic rings. The number of phenolic OH excluding ortho intramolecular Hbond substituents is 5. The molecule has 0 saturated carbocycles. The Labute approximate surface area is 247 Å². The number of aromatic hydroxyl groups is 5. The summed E-state index contributed by atoms with van der Waals surface area (Å²) < 4.78 is 21.8. The molecule has 1 aliphatic heterocycles. The van der Waals surface area contributed by atoms with Crippen LogP contribution >= 0.6 is 0 Å². The number of carbonyl (C=O) groups excluding carboxylic acids is 1. The second kappa shape index (κ2) is 12.1. The number of phenols is 5. The highest BCUT2D eigenvalue weighted by Gasteiger charge is 2.48. The van der Waals surface area contributed by atoms with Crippen LogP contribution in [0.5, 0.6) is 34.5 Å². The van der Waals surface area contributed by atoms with Crippen LogP contribution in [0, 0.1) is 0 Å². The molecule has 0 radical (unpaired) electrons. The molecule has 0 amide bonds. The molecule has 14 nitrogen and oxygen atoms in total. The summed E-state index contributed by atoms with van der Waals surface area (Å²) in [6.07, 6.45) is -6.15. The summed E-state index contributed by atoms with van der Waals surface area (Å²) in [7, 11) is 0. The largest absolute Gasteiger partial charge is 0.508 e. The standard InChI is InChI=1S/C30H26O14/c31-15-5-1-13(2-6-15)3-8-22(37)41-12-20(36)28-25(39)26(40)30(43-28)44-29-24(38)23-19(35)10-16(32)11-21(23)42-27(29)14-4-7-17(33)18(34)9-14/h1-11,20,25-26,28,30-36,39-40H,12H2/b8-3+/t20-,25-,26-,28-,30+/m1/s1. The number of benzene rings is 3. The Balaban J connectivity index is 1.37. The Morgan fingerprint density at radius 2 is 1.61 bits per heavy atom. The third-order valence-corrected chi connectivity index (χ3v) is 6.73. The molecule has 0 bridgehead atoms. The molecule has 0 spiro atoms. The van der Waals surface area contributed by atoms with Crippen LogP contribution in [0.2, 0.25) is 0 Å². The van der Waals surface area contributed by atoms with Gasteiger partial charge in [0.05, 0.1) is 0 Å². The molecule has 1 aromatic heterocycles. The minimum atomic E-state index is -1.84. The minimum Gasteiger partial charge on any atom is -0.508 e. The summed E-state index contributed by atoms with van der Waals surface area (Å²) in [4.78, 5) is 25.6. The monoisotopic (exact) mass is 610 g/mol. The van der Waals surface area contributed by atoms with E-state index in [1.54, 1.807) is 12.1 Å². The number of fused-ring (bicyclic) bond motifs is 1. The van der Waals surface area contributed by atoms with Crippen LogP contribution in [0.1, 0.15) is 5.56 Å². The van der Waals surface area contributed by atoms with Crippen LogP contribution in [0.25, 0.3) is 28.4 Å². The molecule has 230 valence electrons. The van der Waals surface area contributed by atoms with Gasteiger partial charge in [-0.1, -0.05) is 12.1 Å².